The van der Waals surface area contributed by atoms with E-state index in [0.717, 1.165) is 26.1 Å². The van der Waals surface area contributed by atoms with E-state index in [1.807, 2.05) is 11.3 Å². The van der Waals surface area contributed by atoms with Gasteiger partial charge in [0.2, 0.25) is 0 Å². The number of halogens is 1. The monoisotopic (exact) mass is 340 g/mol. The number of nitrogens with one attached hydrogen (secondary N) is 1. The van der Waals surface area contributed by atoms with Crippen molar-refractivity contribution in [2.24, 2.45) is 0 Å². The third-order valence-electron chi connectivity index (χ3n) is 3.49. The lowest BCUT2D eigenvalue weighted by Gasteiger charge is -2.07. The minimum Gasteiger partial charge on any atom is -0.349 e. The second-order valence-corrected chi connectivity index (χ2v) is 7.32. The van der Waals surface area contributed by atoms with Gasteiger partial charge in [0, 0.05) is 35.9 Å². The fraction of sp³-hybridized carbons (Fsp3) is 0.467. The van der Waals surface area contributed by atoms with Gasteiger partial charge in [0.25, 0.3) is 0 Å². The molecule has 0 fully saturated rings. The molecule has 2 nitrogen and oxygen atoms in total. The molecule has 0 atom stereocenters. The number of thiophene rings is 1. The lowest BCUT2D eigenvalue weighted by Crippen LogP contribution is -2.16. The average molecular weight is 341 g/mol. The van der Waals surface area contributed by atoms with Crippen molar-refractivity contribution in [2.75, 3.05) is 6.54 Å². The predicted octanol–water partition coefficient (Wildman–Crippen LogP) is 4.28. The van der Waals surface area contributed by atoms with Gasteiger partial charge in [-0.25, -0.2) is 0 Å². The Labute approximate surface area is 128 Å². The van der Waals surface area contributed by atoms with Crippen LogP contribution in [0, 0.1) is 13.8 Å². The zero-order chi connectivity index (χ0) is 13.8. The lowest BCUT2D eigenvalue weighted by molar-refractivity contribution is 0.675. The van der Waals surface area contributed by atoms with Gasteiger partial charge >= 0.3 is 0 Å². The average Bonchev–Trinajstić information content (AvgIpc) is 2.90. The highest BCUT2D eigenvalue weighted by Gasteiger charge is 2.07. The third-order valence-corrected chi connectivity index (χ3v) is 5.17. The molecule has 4 heteroatoms. The molecule has 0 aromatic carbocycles. The van der Waals surface area contributed by atoms with Crippen molar-refractivity contribution >= 4 is 27.3 Å². The van der Waals surface area contributed by atoms with E-state index in [-0.39, 0.29) is 0 Å². The number of rotatable bonds is 6. The maximum atomic E-state index is 3.54. The van der Waals surface area contributed by atoms with E-state index >= 15 is 0 Å². The Kier molecular flexibility index (Phi) is 5.25. The summed E-state index contributed by atoms with van der Waals surface area (Å²) in [6.07, 6.45) is 1.10. The molecule has 0 saturated carbocycles. The Morgan fingerprint density at radius 2 is 2.11 bits per heavy atom. The Hall–Kier alpha value is -0.580. The maximum Gasteiger partial charge on any atom is 0.0701 e. The molecular formula is C15H21BrN2S. The van der Waals surface area contributed by atoms with E-state index < -0.39 is 0 Å². The van der Waals surface area contributed by atoms with Crippen molar-refractivity contribution in [2.45, 2.75) is 40.3 Å². The van der Waals surface area contributed by atoms with Crippen LogP contribution in [-0.4, -0.2) is 11.1 Å². The minimum absolute atomic E-state index is 0.965. The molecule has 0 spiro atoms. The summed E-state index contributed by atoms with van der Waals surface area (Å²) in [5.74, 6) is 0. The summed E-state index contributed by atoms with van der Waals surface area (Å²) < 4.78 is 3.59. The first-order valence-electron chi connectivity index (χ1n) is 6.72. The molecule has 2 heterocycles. The van der Waals surface area contributed by atoms with Crippen LogP contribution in [0.2, 0.25) is 0 Å². The van der Waals surface area contributed by atoms with Gasteiger partial charge in [-0.2, -0.15) is 0 Å². The van der Waals surface area contributed by atoms with Crippen molar-refractivity contribution in [1.29, 1.82) is 0 Å². The number of aryl methyl sites for hydroxylation is 1. The Morgan fingerprint density at radius 1 is 1.32 bits per heavy atom. The van der Waals surface area contributed by atoms with Gasteiger partial charge in [0.05, 0.1) is 3.79 Å². The number of hydrogen-bond acceptors (Lipinski definition) is 2. The molecule has 0 saturated heterocycles. The molecule has 0 bridgehead atoms. The molecule has 0 amide bonds. The van der Waals surface area contributed by atoms with Crippen molar-refractivity contribution in [3.05, 3.63) is 43.8 Å². The Bertz CT molecular complexity index is 542. The predicted molar refractivity (Wildman–Crippen MR) is 87.0 cm³/mol. The third kappa shape index (κ3) is 3.71. The molecule has 0 radical (unpaired) electrons. The molecule has 1 N–H and O–H groups in total. The summed E-state index contributed by atoms with van der Waals surface area (Å²) in [7, 11) is 0. The number of hydrogen-bond donors (Lipinski definition) is 1. The fourth-order valence-corrected chi connectivity index (χ4v) is 3.94. The number of nitrogens with zero attached hydrogens (tertiary/aromatic N) is 1. The summed E-state index contributed by atoms with van der Waals surface area (Å²) in [5, 5.41) is 3.54. The van der Waals surface area contributed by atoms with Crippen molar-refractivity contribution < 1.29 is 0 Å². The topological polar surface area (TPSA) is 17.0 Å². The minimum atomic E-state index is 0.965. The van der Waals surface area contributed by atoms with Crippen LogP contribution in [0.15, 0.2) is 22.0 Å². The molecular weight excluding hydrogens is 320 g/mol. The van der Waals surface area contributed by atoms with Crippen molar-refractivity contribution in [3.8, 4) is 0 Å². The summed E-state index contributed by atoms with van der Waals surface area (Å²) in [6.45, 7) is 9.65. The molecule has 2 aromatic heterocycles. The van der Waals surface area contributed by atoms with E-state index in [0.29, 0.717) is 0 Å². The SMILES string of the molecule is CCn1c(C)cc(CNCCc2ccc(Br)s2)c1C. The zero-order valence-corrected chi connectivity index (χ0v) is 14.2. The van der Waals surface area contributed by atoms with Crippen LogP contribution in [-0.2, 0) is 19.5 Å². The van der Waals surface area contributed by atoms with Crippen LogP contribution in [0.25, 0.3) is 0 Å². The van der Waals surface area contributed by atoms with Crippen molar-refractivity contribution in [1.82, 2.24) is 9.88 Å². The maximum absolute atomic E-state index is 3.54. The largest absolute Gasteiger partial charge is 0.349 e. The van der Waals surface area contributed by atoms with Crippen LogP contribution < -0.4 is 5.32 Å². The normalized spacial score (nSPS) is 11.2. The van der Waals surface area contributed by atoms with E-state index in [9.17, 15) is 0 Å². The molecule has 0 unspecified atom stereocenters. The van der Waals surface area contributed by atoms with Gasteiger partial charge in [0.1, 0.15) is 0 Å². The molecule has 104 valence electrons. The van der Waals surface area contributed by atoms with E-state index in [1.165, 1.54) is 25.6 Å². The van der Waals surface area contributed by atoms with Gasteiger partial charge in [0.15, 0.2) is 0 Å². The standard InChI is InChI=1S/C15H21BrN2S/c1-4-18-11(2)9-13(12(18)3)10-17-8-7-14-5-6-15(16)19-14/h5-6,9,17H,4,7-8,10H2,1-3H3. The fourth-order valence-electron chi connectivity index (χ4n) is 2.46. The van der Waals surface area contributed by atoms with Crippen LogP contribution >= 0.6 is 27.3 Å². The Balaban J connectivity index is 1.83. The van der Waals surface area contributed by atoms with E-state index in [2.05, 4.69) is 64.8 Å². The van der Waals surface area contributed by atoms with Crippen LogP contribution in [0.3, 0.4) is 0 Å². The van der Waals surface area contributed by atoms with Gasteiger partial charge in [-0.05, 0) is 66.9 Å². The molecule has 2 aromatic rings. The molecule has 0 aliphatic heterocycles. The van der Waals surface area contributed by atoms with E-state index in [4.69, 9.17) is 0 Å². The highest BCUT2D eigenvalue weighted by atomic mass is 79.9. The van der Waals surface area contributed by atoms with Crippen LogP contribution in [0.1, 0.15) is 28.8 Å². The smallest absolute Gasteiger partial charge is 0.0701 e. The highest BCUT2D eigenvalue weighted by Crippen LogP contribution is 2.22. The zero-order valence-electron chi connectivity index (χ0n) is 11.8. The Morgan fingerprint density at radius 3 is 2.68 bits per heavy atom. The quantitative estimate of drug-likeness (QED) is 0.776. The van der Waals surface area contributed by atoms with Gasteiger partial charge < -0.3 is 9.88 Å². The first-order valence-corrected chi connectivity index (χ1v) is 8.33. The number of aromatic nitrogens is 1. The van der Waals surface area contributed by atoms with Gasteiger partial charge in [-0.15, -0.1) is 11.3 Å². The molecule has 2 rings (SSSR count). The van der Waals surface area contributed by atoms with Crippen LogP contribution in [0.5, 0.6) is 0 Å². The second-order valence-electron chi connectivity index (χ2n) is 4.77. The first kappa shape index (κ1) is 14.8. The second kappa shape index (κ2) is 6.73. The first-order chi connectivity index (χ1) is 9.11. The summed E-state index contributed by atoms with van der Waals surface area (Å²) >= 11 is 5.32. The lowest BCUT2D eigenvalue weighted by atomic mass is 10.2. The van der Waals surface area contributed by atoms with Gasteiger partial charge in [-0.1, -0.05) is 0 Å². The molecule has 0 aliphatic rings. The summed E-state index contributed by atoms with van der Waals surface area (Å²) in [6, 6.07) is 6.61. The summed E-state index contributed by atoms with van der Waals surface area (Å²) in [4.78, 5) is 1.43. The van der Waals surface area contributed by atoms with Crippen molar-refractivity contribution in [3.63, 3.8) is 0 Å². The van der Waals surface area contributed by atoms with Crippen LogP contribution in [0.4, 0.5) is 0 Å². The summed E-state index contributed by atoms with van der Waals surface area (Å²) in [5.41, 5.74) is 4.18. The highest BCUT2D eigenvalue weighted by molar-refractivity contribution is 9.11. The molecule has 19 heavy (non-hydrogen) atoms. The molecule has 0 aliphatic carbocycles. The van der Waals surface area contributed by atoms with Gasteiger partial charge in [-0.3, -0.25) is 0 Å². The van der Waals surface area contributed by atoms with E-state index in [1.54, 1.807) is 0 Å².